The number of halogens is 1. The first-order chi connectivity index (χ1) is 9.03. The predicted molar refractivity (Wildman–Crippen MR) is 87.2 cm³/mol. The topological polar surface area (TPSA) is 0 Å². The van der Waals surface area contributed by atoms with Gasteiger partial charge in [0.2, 0.25) is 0 Å². The highest BCUT2D eigenvalue weighted by atomic mass is 35.6. The number of benzene rings is 2. The van der Waals surface area contributed by atoms with E-state index in [2.05, 4.69) is 81.1 Å². The average Bonchev–Trinajstić information content (AvgIpc) is 2.47. The van der Waals surface area contributed by atoms with Crippen molar-refractivity contribution in [3.8, 4) is 0 Å². The molecule has 0 saturated heterocycles. The molecule has 0 aromatic heterocycles. The monoisotopic (exact) mass is 288 g/mol. The van der Waals surface area contributed by atoms with Crippen LogP contribution in [-0.2, 0) is 0 Å². The largest absolute Gasteiger partial charge is 0.167 e. The molecule has 0 heterocycles. The molecular weight excluding hydrogens is 268 g/mol. The summed E-state index contributed by atoms with van der Waals surface area (Å²) in [5, 5.41) is 0. The van der Waals surface area contributed by atoms with Crippen molar-refractivity contribution in [3.63, 3.8) is 0 Å². The lowest BCUT2D eigenvalue weighted by Gasteiger charge is -2.33. The van der Waals surface area contributed by atoms with Crippen molar-refractivity contribution in [1.29, 1.82) is 0 Å². The molecule has 2 rings (SSSR count). The minimum atomic E-state index is -1.92. The summed E-state index contributed by atoms with van der Waals surface area (Å²) in [5.74, 6) is 0. The zero-order chi connectivity index (χ0) is 13.9. The second-order valence-electron chi connectivity index (χ2n) is 5.42. The molecule has 100 valence electrons. The molecule has 2 heteroatoms. The van der Waals surface area contributed by atoms with Crippen LogP contribution in [0.4, 0.5) is 0 Å². The van der Waals surface area contributed by atoms with E-state index < -0.39 is 7.38 Å². The molecule has 2 atom stereocenters. The summed E-state index contributed by atoms with van der Waals surface area (Å²) in [6.07, 6.45) is 0. The third-order valence-electron chi connectivity index (χ3n) is 4.29. The molecule has 0 aliphatic carbocycles. The summed E-state index contributed by atoms with van der Waals surface area (Å²) in [6, 6.07) is 21.3. The van der Waals surface area contributed by atoms with Gasteiger partial charge in [0, 0.05) is 0 Å². The van der Waals surface area contributed by atoms with E-state index in [-0.39, 0.29) is 0 Å². The molecule has 0 aliphatic rings. The van der Waals surface area contributed by atoms with Gasteiger partial charge >= 0.3 is 0 Å². The van der Waals surface area contributed by atoms with Crippen LogP contribution in [0.15, 0.2) is 60.7 Å². The van der Waals surface area contributed by atoms with Gasteiger partial charge in [0.05, 0.1) is 0 Å². The standard InChI is InChI=1S/C17H21ClSi/c1-14(16-10-6-4-7-11-16)19(3,18)15(2)17-12-8-5-9-13-17/h4-15H,1-3H3. The van der Waals surface area contributed by atoms with Crippen molar-refractivity contribution in [3.05, 3.63) is 71.8 Å². The third kappa shape index (κ3) is 3.10. The first-order valence-electron chi connectivity index (χ1n) is 6.82. The maximum Gasteiger partial charge on any atom is 0.167 e. The van der Waals surface area contributed by atoms with Gasteiger partial charge in [-0.2, -0.15) is 11.1 Å². The Balaban J connectivity index is 2.27. The Morgan fingerprint density at radius 3 is 1.37 bits per heavy atom. The Hall–Kier alpha value is -1.05. The van der Waals surface area contributed by atoms with Crippen LogP contribution in [0.1, 0.15) is 36.1 Å². The van der Waals surface area contributed by atoms with E-state index in [0.717, 1.165) is 0 Å². The third-order valence-corrected chi connectivity index (χ3v) is 10.3. The fourth-order valence-electron chi connectivity index (χ4n) is 2.51. The molecule has 0 spiro atoms. The summed E-state index contributed by atoms with van der Waals surface area (Å²) in [6.45, 7) is 6.83. The van der Waals surface area contributed by atoms with E-state index in [1.165, 1.54) is 11.1 Å². The first kappa shape index (κ1) is 14.4. The van der Waals surface area contributed by atoms with E-state index >= 15 is 0 Å². The van der Waals surface area contributed by atoms with E-state index in [4.69, 9.17) is 11.1 Å². The van der Waals surface area contributed by atoms with E-state index in [1.807, 2.05) is 0 Å². The highest BCUT2D eigenvalue weighted by molar-refractivity contribution is 7.20. The molecule has 0 bridgehead atoms. The van der Waals surface area contributed by atoms with Crippen LogP contribution in [0.5, 0.6) is 0 Å². The summed E-state index contributed by atoms with van der Waals surface area (Å²) < 4.78 is 0. The molecular formula is C17H21ClSi. The van der Waals surface area contributed by atoms with Crippen LogP contribution in [0.25, 0.3) is 0 Å². The summed E-state index contributed by atoms with van der Waals surface area (Å²) in [5.41, 5.74) is 3.58. The lowest BCUT2D eigenvalue weighted by atomic mass is 10.1. The molecule has 0 nitrogen and oxygen atoms in total. The Morgan fingerprint density at radius 2 is 1.05 bits per heavy atom. The van der Waals surface area contributed by atoms with Gasteiger partial charge in [-0.15, -0.1) is 0 Å². The van der Waals surface area contributed by atoms with Crippen molar-refractivity contribution in [2.75, 3.05) is 0 Å². The molecule has 0 amide bonds. The van der Waals surface area contributed by atoms with Gasteiger partial charge in [-0.25, -0.2) is 0 Å². The number of hydrogen-bond acceptors (Lipinski definition) is 0. The molecule has 2 aromatic carbocycles. The smallest absolute Gasteiger partial charge is 0.166 e. The van der Waals surface area contributed by atoms with Crippen LogP contribution in [0, 0.1) is 0 Å². The SMILES string of the molecule is CC(c1ccccc1)[Si](C)(Cl)C(C)c1ccccc1. The minimum absolute atomic E-state index is 0.436. The second-order valence-corrected chi connectivity index (χ2v) is 11.9. The van der Waals surface area contributed by atoms with Crippen LogP contribution >= 0.6 is 11.1 Å². The van der Waals surface area contributed by atoms with Gasteiger partial charge in [0.25, 0.3) is 0 Å². The van der Waals surface area contributed by atoms with Crippen LogP contribution in [-0.4, -0.2) is 7.38 Å². The fourth-order valence-corrected chi connectivity index (χ4v) is 5.70. The lowest BCUT2D eigenvalue weighted by Crippen LogP contribution is -2.37. The zero-order valence-electron chi connectivity index (χ0n) is 11.8. The minimum Gasteiger partial charge on any atom is -0.166 e. The fraction of sp³-hybridized carbons (Fsp3) is 0.294. The average molecular weight is 289 g/mol. The van der Waals surface area contributed by atoms with E-state index in [1.54, 1.807) is 0 Å². The molecule has 0 saturated carbocycles. The zero-order valence-corrected chi connectivity index (χ0v) is 13.6. The molecule has 2 aromatic rings. The lowest BCUT2D eigenvalue weighted by molar-refractivity contribution is 0.934. The predicted octanol–water partition coefficient (Wildman–Crippen LogP) is 5.49. The molecule has 0 N–H and O–H groups in total. The van der Waals surface area contributed by atoms with Crippen molar-refractivity contribution in [2.45, 2.75) is 31.5 Å². The molecule has 0 radical (unpaired) electrons. The van der Waals surface area contributed by atoms with E-state index in [9.17, 15) is 0 Å². The van der Waals surface area contributed by atoms with Crippen LogP contribution in [0.2, 0.25) is 6.55 Å². The molecule has 19 heavy (non-hydrogen) atoms. The second kappa shape index (κ2) is 5.94. The number of hydrogen-bond donors (Lipinski definition) is 0. The van der Waals surface area contributed by atoms with Gasteiger partial charge in [-0.05, 0) is 22.2 Å². The highest BCUT2D eigenvalue weighted by Gasteiger charge is 2.39. The Kier molecular flexibility index (Phi) is 4.49. The maximum absolute atomic E-state index is 7.05. The Morgan fingerprint density at radius 1 is 0.737 bits per heavy atom. The molecule has 0 fully saturated rings. The van der Waals surface area contributed by atoms with Crippen molar-refractivity contribution >= 4 is 18.5 Å². The summed E-state index contributed by atoms with van der Waals surface area (Å²) >= 11 is 7.05. The van der Waals surface area contributed by atoms with Gasteiger partial charge in [-0.3, -0.25) is 0 Å². The van der Waals surface area contributed by atoms with Gasteiger partial charge in [0.15, 0.2) is 7.38 Å². The maximum atomic E-state index is 7.05. The highest BCUT2D eigenvalue weighted by Crippen LogP contribution is 2.40. The normalized spacial score (nSPS) is 17.5. The van der Waals surface area contributed by atoms with Gasteiger partial charge in [0.1, 0.15) is 0 Å². The number of rotatable bonds is 4. The molecule has 0 aliphatic heterocycles. The first-order valence-corrected chi connectivity index (χ1v) is 10.5. The van der Waals surface area contributed by atoms with Crippen LogP contribution < -0.4 is 0 Å². The molecule has 2 unspecified atom stereocenters. The van der Waals surface area contributed by atoms with Crippen molar-refractivity contribution in [1.82, 2.24) is 0 Å². The summed E-state index contributed by atoms with van der Waals surface area (Å²) in [4.78, 5) is 0. The van der Waals surface area contributed by atoms with E-state index in [0.29, 0.717) is 11.1 Å². The summed E-state index contributed by atoms with van der Waals surface area (Å²) in [7, 11) is -1.92. The Bertz CT molecular complexity index is 460. The van der Waals surface area contributed by atoms with Crippen LogP contribution in [0.3, 0.4) is 0 Å². The van der Waals surface area contributed by atoms with Gasteiger partial charge in [-0.1, -0.05) is 81.1 Å². The van der Waals surface area contributed by atoms with Crippen molar-refractivity contribution < 1.29 is 0 Å². The Labute approximate surface area is 122 Å². The quantitative estimate of drug-likeness (QED) is 0.516. The van der Waals surface area contributed by atoms with Crippen molar-refractivity contribution in [2.24, 2.45) is 0 Å². The van der Waals surface area contributed by atoms with Gasteiger partial charge < -0.3 is 0 Å².